The summed E-state index contributed by atoms with van der Waals surface area (Å²) >= 11 is 0. The molecule has 0 heterocycles. The Labute approximate surface area is 113 Å². The number of aromatic hydroxyl groups is 1. The fraction of sp³-hybridized carbons (Fsp3) is 0.500. The molecular formula is C14H22N2O3. The largest absolute Gasteiger partial charge is 0.508 e. The van der Waals surface area contributed by atoms with E-state index < -0.39 is 0 Å². The maximum atomic E-state index is 11.7. The normalized spacial score (nSPS) is 10.2. The van der Waals surface area contributed by atoms with Crippen LogP contribution < -0.4 is 5.32 Å². The summed E-state index contributed by atoms with van der Waals surface area (Å²) in [6.07, 6.45) is 1.69. The highest BCUT2D eigenvalue weighted by molar-refractivity contribution is 5.74. The van der Waals surface area contributed by atoms with Crippen molar-refractivity contribution in [3.63, 3.8) is 0 Å². The molecule has 0 saturated carbocycles. The number of aliphatic hydroxyl groups excluding tert-OH is 1. The number of likely N-dealkylation sites (N-methyl/N-ethyl adjacent to an activating group) is 1. The molecule has 1 aromatic rings. The third kappa shape index (κ3) is 5.61. The number of carbonyl (C=O) groups is 1. The molecule has 0 bridgehead atoms. The maximum absolute atomic E-state index is 11.7. The smallest absolute Gasteiger partial charge is 0.317 e. The summed E-state index contributed by atoms with van der Waals surface area (Å²) in [5, 5.41) is 20.8. The minimum Gasteiger partial charge on any atom is -0.508 e. The van der Waals surface area contributed by atoms with Gasteiger partial charge < -0.3 is 20.4 Å². The van der Waals surface area contributed by atoms with E-state index >= 15 is 0 Å². The number of amides is 2. The van der Waals surface area contributed by atoms with Gasteiger partial charge in [-0.25, -0.2) is 4.79 Å². The number of urea groups is 1. The van der Waals surface area contributed by atoms with E-state index in [1.807, 2.05) is 19.1 Å². The van der Waals surface area contributed by atoms with Crippen LogP contribution in [0.4, 0.5) is 4.79 Å². The highest BCUT2D eigenvalue weighted by Crippen LogP contribution is 2.10. The predicted molar refractivity (Wildman–Crippen MR) is 74.2 cm³/mol. The van der Waals surface area contributed by atoms with Crippen molar-refractivity contribution in [2.24, 2.45) is 0 Å². The number of nitrogens with zero attached hydrogens (tertiary/aromatic N) is 1. The van der Waals surface area contributed by atoms with Gasteiger partial charge in [0, 0.05) is 19.6 Å². The Morgan fingerprint density at radius 1 is 1.32 bits per heavy atom. The lowest BCUT2D eigenvalue weighted by atomic mass is 10.1. The zero-order valence-electron chi connectivity index (χ0n) is 11.3. The van der Waals surface area contributed by atoms with Crippen LogP contribution in [0.25, 0.3) is 0 Å². The summed E-state index contributed by atoms with van der Waals surface area (Å²) in [4.78, 5) is 13.3. The van der Waals surface area contributed by atoms with E-state index in [2.05, 4.69) is 5.32 Å². The Balaban J connectivity index is 2.23. The summed E-state index contributed by atoms with van der Waals surface area (Å²) in [5.74, 6) is 0.264. The number of aliphatic hydroxyl groups is 1. The molecule has 0 aliphatic heterocycles. The van der Waals surface area contributed by atoms with Crippen LogP contribution >= 0.6 is 0 Å². The monoisotopic (exact) mass is 266 g/mol. The number of phenolic OH excluding ortho intramolecular Hbond substituents is 1. The van der Waals surface area contributed by atoms with Crippen molar-refractivity contribution in [2.45, 2.75) is 19.8 Å². The number of phenols is 1. The third-order valence-electron chi connectivity index (χ3n) is 2.89. The van der Waals surface area contributed by atoms with Crippen LogP contribution in [0.2, 0.25) is 0 Å². The second-order valence-electron chi connectivity index (χ2n) is 4.31. The van der Waals surface area contributed by atoms with Gasteiger partial charge in [0.05, 0.1) is 6.61 Å². The van der Waals surface area contributed by atoms with Crippen molar-refractivity contribution >= 4 is 6.03 Å². The average Bonchev–Trinajstić information content (AvgIpc) is 2.42. The molecule has 0 aliphatic carbocycles. The number of hydrogen-bond acceptors (Lipinski definition) is 3. The fourth-order valence-electron chi connectivity index (χ4n) is 1.79. The minimum atomic E-state index is -0.137. The van der Waals surface area contributed by atoms with Crippen LogP contribution in [-0.4, -0.2) is 47.4 Å². The molecular weight excluding hydrogens is 244 g/mol. The molecule has 106 valence electrons. The first-order chi connectivity index (χ1) is 9.17. The number of carbonyl (C=O) groups excluding carboxylic acids is 1. The first kappa shape index (κ1) is 15.3. The quantitative estimate of drug-likeness (QED) is 0.652. The lowest BCUT2D eigenvalue weighted by Crippen LogP contribution is -2.41. The van der Waals surface area contributed by atoms with Crippen molar-refractivity contribution in [2.75, 3.05) is 26.2 Å². The van der Waals surface area contributed by atoms with Gasteiger partial charge in [-0.05, 0) is 37.5 Å². The Morgan fingerprint density at radius 2 is 2.00 bits per heavy atom. The van der Waals surface area contributed by atoms with E-state index in [0.717, 1.165) is 18.4 Å². The van der Waals surface area contributed by atoms with Gasteiger partial charge in [-0.1, -0.05) is 12.1 Å². The first-order valence-corrected chi connectivity index (χ1v) is 6.59. The fourth-order valence-corrected chi connectivity index (χ4v) is 1.79. The molecule has 5 nitrogen and oxygen atoms in total. The molecule has 1 aromatic carbocycles. The highest BCUT2D eigenvalue weighted by Gasteiger charge is 2.09. The minimum absolute atomic E-state index is 0.0191. The average molecular weight is 266 g/mol. The summed E-state index contributed by atoms with van der Waals surface area (Å²) in [7, 11) is 0. The van der Waals surface area contributed by atoms with Crippen molar-refractivity contribution in [1.82, 2.24) is 10.2 Å². The highest BCUT2D eigenvalue weighted by atomic mass is 16.3. The second kappa shape index (κ2) is 8.37. The van der Waals surface area contributed by atoms with Gasteiger partial charge in [-0.15, -0.1) is 0 Å². The number of benzene rings is 1. The first-order valence-electron chi connectivity index (χ1n) is 6.59. The molecule has 0 atom stereocenters. The van der Waals surface area contributed by atoms with Crippen LogP contribution in [-0.2, 0) is 6.42 Å². The predicted octanol–water partition coefficient (Wildman–Crippen LogP) is 1.35. The number of hydrogen-bond donors (Lipinski definition) is 3. The van der Waals surface area contributed by atoms with Gasteiger partial charge in [0.25, 0.3) is 0 Å². The van der Waals surface area contributed by atoms with Crippen molar-refractivity contribution in [1.29, 1.82) is 0 Å². The van der Waals surface area contributed by atoms with E-state index in [4.69, 9.17) is 10.2 Å². The number of rotatable bonds is 7. The SMILES string of the molecule is CCN(CCO)C(=O)NCCCc1ccc(O)cc1. The Kier molecular flexibility index (Phi) is 6.74. The summed E-state index contributed by atoms with van der Waals surface area (Å²) < 4.78 is 0. The van der Waals surface area contributed by atoms with Crippen LogP contribution in [0.5, 0.6) is 5.75 Å². The lowest BCUT2D eigenvalue weighted by molar-refractivity contribution is 0.180. The molecule has 0 aliphatic rings. The number of nitrogens with one attached hydrogen (secondary N) is 1. The van der Waals surface area contributed by atoms with E-state index in [1.54, 1.807) is 17.0 Å². The van der Waals surface area contributed by atoms with Gasteiger partial charge in [-0.3, -0.25) is 0 Å². The van der Waals surface area contributed by atoms with Gasteiger partial charge in [0.1, 0.15) is 5.75 Å². The molecule has 2 amide bonds. The van der Waals surface area contributed by atoms with Gasteiger partial charge in [0.2, 0.25) is 0 Å². The molecule has 0 fully saturated rings. The molecule has 5 heteroatoms. The van der Waals surface area contributed by atoms with E-state index in [0.29, 0.717) is 19.6 Å². The van der Waals surface area contributed by atoms with Crippen molar-refractivity contribution < 1.29 is 15.0 Å². The summed E-state index contributed by atoms with van der Waals surface area (Å²) in [6, 6.07) is 6.94. The number of aryl methyl sites for hydroxylation is 1. The molecule has 19 heavy (non-hydrogen) atoms. The molecule has 0 spiro atoms. The van der Waals surface area contributed by atoms with Crippen LogP contribution in [0.3, 0.4) is 0 Å². The topological polar surface area (TPSA) is 72.8 Å². The molecule has 3 N–H and O–H groups in total. The van der Waals surface area contributed by atoms with Crippen LogP contribution in [0.15, 0.2) is 24.3 Å². The maximum Gasteiger partial charge on any atom is 0.317 e. The third-order valence-corrected chi connectivity index (χ3v) is 2.89. The standard InChI is InChI=1S/C14H22N2O3/c1-2-16(10-11-17)14(19)15-9-3-4-12-5-7-13(18)8-6-12/h5-8,17-18H,2-4,9-11H2,1H3,(H,15,19). The Bertz CT molecular complexity index is 379. The molecule has 0 unspecified atom stereocenters. The summed E-state index contributed by atoms with van der Waals surface area (Å²) in [6.45, 7) is 3.41. The van der Waals surface area contributed by atoms with E-state index in [-0.39, 0.29) is 18.4 Å². The second-order valence-corrected chi connectivity index (χ2v) is 4.31. The van der Waals surface area contributed by atoms with E-state index in [9.17, 15) is 4.79 Å². The molecule has 1 rings (SSSR count). The lowest BCUT2D eigenvalue weighted by Gasteiger charge is -2.20. The zero-order chi connectivity index (χ0) is 14.1. The van der Waals surface area contributed by atoms with Crippen molar-refractivity contribution in [3.8, 4) is 5.75 Å². The van der Waals surface area contributed by atoms with Gasteiger partial charge in [0.15, 0.2) is 0 Å². The van der Waals surface area contributed by atoms with Crippen molar-refractivity contribution in [3.05, 3.63) is 29.8 Å². The van der Waals surface area contributed by atoms with E-state index in [1.165, 1.54) is 0 Å². The van der Waals surface area contributed by atoms with Gasteiger partial charge >= 0.3 is 6.03 Å². The Morgan fingerprint density at radius 3 is 2.58 bits per heavy atom. The van der Waals surface area contributed by atoms with Gasteiger partial charge in [-0.2, -0.15) is 0 Å². The van der Waals surface area contributed by atoms with Crippen LogP contribution in [0, 0.1) is 0 Å². The molecule has 0 saturated heterocycles. The Hall–Kier alpha value is -1.75. The zero-order valence-corrected chi connectivity index (χ0v) is 11.3. The van der Waals surface area contributed by atoms with Crippen LogP contribution in [0.1, 0.15) is 18.9 Å². The molecule has 0 radical (unpaired) electrons. The molecule has 0 aromatic heterocycles. The summed E-state index contributed by atoms with van der Waals surface area (Å²) in [5.41, 5.74) is 1.13.